The average molecular weight is 275 g/mol. The lowest BCUT2D eigenvalue weighted by atomic mass is 10.2. The van der Waals surface area contributed by atoms with Crippen LogP contribution in [-0.4, -0.2) is 44.6 Å². The maximum absolute atomic E-state index is 11.5. The van der Waals surface area contributed by atoms with Crippen LogP contribution >= 0.6 is 0 Å². The van der Waals surface area contributed by atoms with Crippen molar-refractivity contribution >= 4 is 5.91 Å². The number of nitriles is 1. The molecule has 0 bridgehead atoms. The number of nitrogens with one attached hydrogen (secondary N) is 1. The van der Waals surface area contributed by atoms with Gasteiger partial charge in [0.25, 0.3) is 5.91 Å². The predicted octanol–water partition coefficient (Wildman–Crippen LogP) is 1.40. The summed E-state index contributed by atoms with van der Waals surface area (Å²) in [5, 5.41) is 11.5. The number of hydrogen-bond acceptors (Lipinski definition) is 4. The summed E-state index contributed by atoms with van der Waals surface area (Å²) in [4.78, 5) is 13.7. The van der Waals surface area contributed by atoms with Crippen LogP contribution in [0.1, 0.15) is 18.4 Å². The highest BCUT2D eigenvalue weighted by molar-refractivity contribution is 5.77. The van der Waals surface area contributed by atoms with Crippen molar-refractivity contribution in [2.45, 2.75) is 12.8 Å². The van der Waals surface area contributed by atoms with Crippen molar-refractivity contribution in [3.63, 3.8) is 0 Å². The van der Waals surface area contributed by atoms with E-state index in [9.17, 15) is 4.79 Å². The molecule has 0 aliphatic carbocycles. The minimum atomic E-state index is -0.126. The van der Waals surface area contributed by atoms with Gasteiger partial charge in [-0.25, -0.2) is 0 Å². The fraction of sp³-hybridized carbons (Fsp3) is 0.467. The van der Waals surface area contributed by atoms with Crippen molar-refractivity contribution in [3.8, 4) is 11.8 Å². The van der Waals surface area contributed by atoms with Gasteiger partial charge in [-0.05, 0) is 57.7 Å². The van der Waals surface area contributed by atoms with E-state index in [4.69, 9.17) is 10.00 Å². The lowest BCUT2D eigenvalue weighted by Crippen LogP contribution is -2.30. The van der Waals surface area contributed by atoms with Crippen LogP contribution in [0.3, 0.4) is 0 Å². The topological polar surface area (TPSA) is 65.4 Å². The molecule has 0 aliphatic rings. The Kier molecular flexibility index (Phi) is 7.15. The van der Waals surface area contributed by atoms with Crippen molar-refractivity contribution in [2.75, 3.05) is 33.8 Å². The van der Waals surface area contributed by atoms with Crippen LogP contribution in [0.25, 0.3) is 0 Å². The van der Waals surface area contributed by atoms with E-state index in [0.29, 0.717) is 17.9 Å². The largest absolute Gasteiger partial charge is 0.484 e. The lowest BCUT2D eigenvalue weighted by Gasteiger charge is -2.10. The summed E-state index contributed by atoms with van der Waals surface area (Å²) in [5.74, 6) is 0.464. The van der Waals surface area contributed by atoms with Crippen LogP contribution in [0.4, 0.5) is 0 Å². The molecular formula is C15H21N3O2. The quantitative estimate of drug-likeness (QED) is 0.728. The van der Waals surface area contributed by atoms with Gasteiger partial charge in [-0.1, -0.05) is 0 Å². The molecule has 0 saturated carbocycles. The van der Waals surface area contributed by atoms with E-state index in [2.05, 4.69) is 10.2 Å². The molecule has 5 nitrogen and oxygen atoms in total. The number of carbonyl (C=O) groups is 1. The van der Waals surface area contributed by atoms with Crippen molar-refractivity contribution in [1.82, 2.24) is 10.2 Å². The van der Waals surface area contributed by atoms with Gasteiger partial charge in [0.15, 0.2) is 6.61 Å². The van der Waals surface area contributed by atoms with E-state index in [1.165, 1.54) is 0 Å². The first-order chi connectivity index (χ1) is 9.61. The molecule has 0 aromatic heterocycles. The standard InChI is InChI=1S/C15H21N3O2/c1-18(2)10-4-3-9-17-15(19)12-20-14-7-5-13(11-16)6-8-14/h5-8H,3-4,9-10,12H2,1-2H3,(H,17,19). The van der Waals surface area contributed by atoms with E-state index >= 15 is 0 Å². The van der Waals surface area contributed by atoms with Crippen molar-refractivity contribution < 1.29 is 9.53 Å². The van der Waals surface area contributed by atoms with Crippen LogP contribution in [-0.2, 0) is 4.79 Å². The Morgan fingerprint density at radius 2 is 2.00 bits per heavy atom. The Bertz CT molecular complexity index is 449. The number of unbranched alkanes of at least 4 members (excludes halogenated alkanes) is 1. The summed E-state index contributed by atoms with van der Waals surface area (Å²) in [7, 11) is 4.06. The Hall–Kier alpha value is -2.06. The van der Waals surface area contributed by atoms with Gasteiger partial charge in [0.2, 0.25) is 0 Å². The smallest absolute Gasteiger partial charge is 0.257 e. The van der Waals surface area contributed by atoms with Gasteiger partial charge < -0.3 is 15.0 Å². The SMILES string of the molecule is CN(C)CCCCNC(=O)COc1ccc(C#N)cc1. The van der Waals surface area contributed by atoms with Gasteiger partial charge >= 0.3 is 0 Å². The summed E-state index contributed by atoms with van der Waals surface area (Å²) in [6.07, 6.45) is 2.02. The highest BCUT2D eigenvalue weighted by Gasteiger charge is 2.02. The third-order valence-electron chi connectivity index (χ3n) is 2.71. The number of nitrogens with zero attached hydrogens (tertiary/aromatic N) is 2. The Morgan fingerprint density at radius 1 is 1.30 bits per heavy atom. The van der Waals surface area contributed by atoms with Gasteiger partial charge in [-0.2, -0.15) is 5.26 Å². The van der Waals surface area contributed by atoms with E-state index in [1.807, 2.05) is 20.2 Å². The lowest BCUT2D eigenvalue weighted by molar-refractivity contribution is -0.123. The van der Waals surface area contributed by atoms with Crippen LogP contribution in [0, 0.1) is 11.3 Å². The molecule has 0 atom stereocenters. The normalized spacial score (nSPS) is 10.1. The second-order valence-electron chi connectivity index (χ2n) is 4.79. The van der Waals surface area contributed by atoms with Crippen molar-refractivity contribution in [3.05, 3.63) is 29.8 Å². The second kappa shape index (κ2) is 8.94. The van der Waals surface area contributed by atoms with Crippen LogP contribution in [0.15, 0.2) is 24.3 Å². The van der Waals surface area contributed by atoms with Gasteiger partial charge in [0.05, 0.1) is 11.6 Å². The third-order valence-corrected chi connectivity index (χ3v) is 2.71. The Labute approximate surface area is 120 Å². The molecule has 0 aliphatic heterocycles. The fourth-order valence-electron chi connectivity index (χ4n) is 1.61. The summed E-state index contributed by atoms with van der Waals surface area (Å²) in [6.45, 7) is 1.70. The van der Waals surface area contributed by atoms with E-state index in [0.717, 1.165) is 19.4 Å². The summed E-state index contributed by atoms with van der Waals surface area (Å²) in [6, 6.07) is 8.72. The summed E-state index contributed by atoms with van der Waals surface area (Å²) < 4.78 is 5.33. The van der Waals surface area contributed by atoms with Gasteiger partial charge in [-0.15, -0.1) is 0 Å². The maximum atomic E-state index is 11.5. The Balaban J connectivity index is 2.14. The van der Waals surface area contributed by atoms with Crippen LogP contribution < -0.4 is 10.1 Å². The first kappa shape index (κ1) is 16.0. The zero-order valence-corrected chi connectivity index (χ0v) is 12.1. The second-order valence-corrected chi connectivity index (χ2v) is 4.79. The molecule has 0 fully saturated rings. The molecule has 0 unspecified atom stereocenters. The summed E-state index contributed by atoms with van der Waals surface area (Å²) in [5.41, 5.74) is 0.572. The minimum Gasteiger partial charge on any atom is -0.484 e. The molecule has 5 heteroatoms. The Morgan fingerprint density at radius 3 is 2.60 bits per heavy atom. The number of carbonyl (C=O) groups excluding carboxylic acids is 1. The molecule has 1 N–H and O–H groups in total. The van der Waals surface area contributed by atoms with E-state index in [-0.39, 0.29) is 12.5 Å². The van der Waals surface area contributed by atoms with Crippen LogP contribution in [0.5, 0.6) is 5.75 Å². The highest BCUT2D eigenvalue weighted by Crippen LogP contribution is 2.11. The molecule has 1 aromatic carbocycles. The fourth-order valence-corrected chi connectivity index (χ4v) is 1.61. The van der Waals surface area contributed by atoms with Crippen molar-refractivity contribution in [2.24, 2.45) is 0 Å². The zero-order valence-electron chi connectivity index (χ0n) is 12.1. The predicted molar refractivity (Wildman–Crippen MR) is 77.4 cm³/mol. The van der Waals surface area contributed by atoms with Crippen LogP contribution in [0.2, 0.25) is 0 Å². The molecule has 20 heavy (non-hydrogen) atoms. The molecule has 108 valence electrons. The molecule has 0 spiro atoms. The first-order valence-electron chi connectivity index (χ1n) is 6.66. The molecule has 1 amide bonds. The molecule has 0 heterocycles. The maximum Gasteiger partial charge on any atom is 0.257 e. The number of hydrogen-bond donors (Lipinski definition) is 1. The van der Waals surface area contributed by atoms with Gasteiger partial charge in [0.1, 0.15) is 5.75 Å². The molecule has 0 radical (unpaired) electrons. The number of rotatable bonds is 8. The van der Waals surface area contributed by atoms with E-state index in [1.54, 1.807) is 24.3 Å². The van der Waals surface area contributed by atoms with Gasteiger partial charge in [0, 0.05) is 6.54 Å². The molecule has 1 aromatic rings. The van der Waals surface area contributed by atoms with Gasteiger partial charge in [-0.3, -0.25) is 4.79 Å². The molecule has 0 saturated heterocycles. The minimum absolute atomic E-state index is 0.000416. The van der Waals surface area contributed by atoms with E-state index < -0.39 is 0 Å². The monoisotopic (exact) mass is 275 g/mol. The number of amides is 1. The first-order valence-corrected chi connectivity index (χ1v) is 6.66. The molecular weight excluding hydrogens is 254 g/mol. The number of ether oxygens (including phenoxy) is 1. The average Bonchev–Trinajstić information content (AvgIpc) is 2.45. The molecule has 1 rings (SSSR count). The summed E-state index contributed by atoms with van der Waals surface area (Å²) >= 11 is 0. The zero-order chi connectivity index (χ0) is 14.8. The number of benzene rings is 1. The third kappa shape index (κ3) is 6.76. The highest BCUT2D eigenvalue weighted by atomic mass is 16.5. The van der Waals surface area contributed by atoms with Crippen molar-refractivity contribution in [1.29, 1.82) is 5.26 Å².